The Morgan fingerprint density at radius 2 is 1.93 bits per heavy atom. The van der Waals surface area contributed by atoms with Gasteiger partial charge < -0.3 is 10.5 Å². The second-order valence-electron chi connectivity index (χ2n) is 4.64. The van der Waals surface area contributed by atoms with E-state index in [4.69, 9.17) is 10.5 Å². The summed E-state index contributed by atoms with van der Waals surface area (Å²) in [5.41, 5.74) is 5.62. The third-order valence-electron chi connectivity index (χ3n) is 2.50. The van der Waals surface area contributed by atoms with Gasteiger partial charge >= 0.3 is 5.97 Å². The normalized spacial score (nSPS) is 15.1. The molecule has 0 rings (SSSR count). The van der Waals surface area contributed by atoms with Crippen molar-refractivity contribution in [3.8, 4) is 0 Å². The van der Waals surface area contributed by atoms with E-state index in [9.17, 15) is 4.79 Å². The lowest BCUT2D eigenvalue weighted by molar-refractivity contribution is -0.149. The summed E-state index contributed by atoms with van der Waals surface area (Å²) in [7, 11) is 0. The number of hydrogen-bond acceptors (Lipinski definition) is 3. The van der Waals surface area contributed by atoms with Crippen LogP contribution in [0.2, 0.25) is 0 Å². The first-order valence-electron chi connectivity index (χ1n) is 5.89. The van der Waals surface area contributed by atoms with Crippen LogP contribution in [0, 0.1) is 11.8 Å². The lowest BCUT2D eigenvalue weighted by atomic mass is 9.94. The minimum atomic E-state index is -0.111. The smallest absolute Gasteiger partial charge is 0.306 e. The second-order valence-corrected chi connectivity index (χ2v) is 4.64. The molecule has 0 aliphatic rings. The number of ether oxygens (including phenoxy) is 1. The Morgan fingerprint density at radius 1 is 1.33 bits per heavy atom. The van der Waals surface area contributed by atoms with Gasteiger partial charge in [0.25, 0.3) is 0 Å². The van der Waals surface area contributed by atoms with Gasteiger partial charge in [0.05, 0.1) is 6.10 Å². The summed E-state index contributed by atoms with van der Waals surface area (Å²) in [6.07, 6.45) is 2.34. The maximum absolute atomic E-state index is 11.5. The fraction of sp³-hybridized carbons (Fsp3) is 0.917. The summed E-state index contributed by atoms with van der Waals surface area (Å²) in [5, 5.41) is 0. The van der Waals surface area contributed by atoms with Crippen molar-refractivity contribution in [2.24, 2.45) is 17.6 Å². The Hall–Kier alpha value is -0.570. The monoisotopic (exact) mass is 215 g/mol. The van der Waals surface area contributed by atoms with E-state index in [2.05, 4.69) is 13.8 Å². The van der Waals surface area contributed by atoms with Crippen LogP contribution in [0.3, 0.4) is 0 Å². The predicted molar refractivity (Wildman–Crippen MR) is 62.5 cm³/mol. The van der Waals surface area contributed by atoms with E-state index in [1.807, 2.05) is 13.8 Å². The molecular formula is C12H25NO2. The highest BCUT2D eigenvalue weighted by Crippen LogP contribution is 2.15. The lowest BCUT2D eigenvalue weighted by Crippen LogP contribution is -2.23. The topological polar surface area (TPSA) is 52.3 Å². The van der Waals surface area contributed by atoms with Crippen LogP contribution in [0.25, 0.3) is 0 Å². The van der Waals surface area contributed by atoms with Crippen LogP contribution in [0.5, 0.6) is 0 Å². The average Bonchev–Trinajstić information content (AvgIpc) is 2.15. The predicted octanol–water partition coefficient (Wildman–Crippen LogP) is 2.34. The number of carbonyl (C=O) groups is 1. The maximum atomic E-state index is 11.5. The molecule has 0 aliphatic carbocycles. The van der Waals surface area contributed by atoms with Crippen molar-refractivity contribution in [2.75, 3.05) is 6.54 Å². The lowest BCUT2D eigenvalue weighted by Gasteiger charge is -2.17. The summed E-state index contributed by atoms with van der Waals surface area (Å²) in [6, 6.07) is 0. The molecule has 0 unspecified atom stereocenters. The molecule has 15 heavy (non-hydrogen) atoms. The summed E-state index contributed by atoms with van der Waals surface area (Å²) in [5.74, 6) is 0.733. The van der Waals surface area contributed by atoms with Gasteiger partial charge in [-0.1, -0.05) is 20.8 Å². The molecule has 0 aromatic carbocycles. The zero-order chi connectivity index (χ0) is 11.8. The molecule has 3 nitrogen and oxygen atoms in total. The molecule has 0 amide bonds. The number of nitrogens with two attached hydrogens (primary N) is 1. The average molecular weight is 215 g/mol. The van der Waals surface area contributed by atoms with E-state index in [-0.39, 0.29) is 18.0 Å². The molecule has 0 saturated carbocycles. The third-order valence-corrected chi connectivity index (χ3v) is 2.50. The van der Waals surface area contributed by atoms with Gasteiger partial charge in [-0.05, 0) is 38.1 Å². The second kappa shape index (κ2) is 7.69. The number of carbonyl (C=O) groups excluding carboxylic acids is 1. The van der Waals surface area contributed by atoms with Crippen LogP contribution in [-0.4, -0.2) is 18.6 Å². The van der Waals surface area contributed by atoms with Crippen molar-refractivity contribution in [3.63, 3.8) is 0 Å². The largest absolute Gasteiger partial charge is 0.463 e. The summed E-state index contributed by atoms with van der Waals surface area (Å²) < 4.78 is 5.22. The van der Waals surface area contributed by atoms with E-state index in [0.29, 0.717) is 18.9 Å². The van der Waals surface area contributed by atoms with Gasteiger partial charge in [-0.15, -0.1) is 0 Å². The molecule has 0 saturated heterocycles. The van der Waals surface area contributed by atoms with Gasteiger partial charge in [0.2, 0.25) is 0 Å². The van der Waals surface area contributed by atoms with Gasteiger partial charge in [0, 0.05) is 6.42 Å². The quantitative estimate of drug-likeness (QED) is 0.663. The van der Waals surface area contributed by atoms with Crippen LogP contribution in [-0.2, 0) is 9.53 Å². The third kappa shape index (κ3) is 7.37. The van der Waals surface area contributed by atoms with E-state index in [1.54, 1.807) is 0 Å². The maximum Gasteiger partial charge on any atom is 0.306 e. The van der Waals surface area contributed by atoms with Crippen molar-refractivity contribution in [1.29, 1.82) is 0 Å². The molecule has 3 heteroatoms. The number of hydrogen-bond donors (Lipinski definition) is 1. The Morgan fingerprint density at radius 3 is 2.33 bits per heavy atom. The molecule has 0 aliphatic heterocycles. The highest BCUT2D eigenvalue weighted by molar-refractivity contribution is 5.69. The summed E-state index contributed by atoms with van der Waals surface area (Å²) in [4.78, 5) is 11.5. The molecule has 0 aromatic rings. The first kappa shape index (κ1) is 14.4. The molecule has 0 fully saturated rings. The van der Waals surface area contributed by atoms with E-state index >= 15 is 0 Å². The molecule has 0 radical (unpaired) electrons. The van der Waals surface area contributed by atoms with Crippen molar-refractivity contribution >= 4 is 5.97 Å². The van der Waals surface area contributed by atoms with Crippen LogP contribution >= 0.6 is 0 Å². The van der Waals surface area contributed by atoms with Crippen LogP contribution in [0.15, 0.2) is 0 Å². The van der Waals surface area contributed by atoms with Crippen molar-refractivity contribution in [1.82, 2.24) is 0 Å². The fourth-order valence-corrected chi connectivity index (χ4v) is 1.52. The van der Waals surface area contributed by atoms with Gasteiger partial charge in [-0.2, -0.15) is 0 Å². The SMILES string of the molecule is CC[C@@H](C)OC(=O)C[C@@H](CN)CC(C)C. The van der Waals surface area contributed by atoms with Crippen LogP contribution in [0.1, 0.15) is 47.0 Å². The molecule has 0 bridgehead atoms. The highest BCUT2D eigenvalue weighted by atomic mass is 16.5. The Kier molecular flexibility index (Phi) is 7.39. The first-order valence-corrected chi connectivity index (χ1v) is 5.89. The highest BCUT2D eigenvalue weighted by Gasteiger charge is 2.16. The Bertz CT molecular complexity index is 180. The zero-order valence-electron chi connectivity index (χ0n) is 10.5. The number of esters is 1. The van der Waals surface area contributed by atoms with Crippen molar-refractivity contribution < 1.29 is 9.53 Å². The van der Waals surface area contributed by atoms with Crippen molar-refractivity contribution in [3.05, 3.63) is 0 Å². The summed E-state index contributed by atoms with van der Waals surface area (Å²) >= 11 is 0. The van der Waals surface area contributed by atoms with Gasteiger partial charge in [0.1, 0.15) is 0 Å². The zero-order valence-corrected chi connectivity index (χ0v) is 10.5. The van der Waals surface area contributed by atoms with E-state index < -0.39 is 0 Å². The molecule has 90 valence electrons. The Labute approximate surface area is 93.4 Å². The summed E-state index contributed by atoms with van der Waals surface area (Å²) in [6.45, 7) is 8.77. The standard InChI is InChI=1S/C12H25NO2/c1-5-10(4)15-12(14)7-11(8-13)6-9(2)3/h9-11H,5-8,13H2,1-4H3/t10-,11+/m1/s1. The molecule has 2 atom stereocenters. The number of rotatable bonds is 7. The van der Waals surface area contributed by atoms with Gasteiger partial charge in [0.15, 0.2) is 0 Å². The first-order chi connectivity index (χ1) is 6.99. The van der Waals surface area contributed by atoms with Crippen LogP contribution in [0.4, 0.5) is 0 Å². The molecule has 0 aromatic heterocycles. The minimum absolute atomic E-state index is 0.0231. The van der Waals surface area contributed by atoms with Crippen molar-refractivity contribution in [2.45, 2.75) is 53.1 Å². The van der Waals surface area contributed by atoms with E-state index in [0.717, 1.165) is 12.8 Å². The molecular weight excluding hydrogens is 190 g/mol. The molecule has 0 spiro atoms. The fourth-order valence-electron chi connectivity index (χ4n) is 1.52. The van der Waals surface area contributed by atoms with Gasteiger partial charge in [-0.25, -0.2) is 0 Å². The van der Waals surface area contributed by atoms with Crippen LogP contribution < -0.4 is 5.73 Å². The molecule has 2 N–H and O–H groups in total. The minimum Gasteiger partial charge on any atom is -0.463 e. The molecule has 0 heterocycles. The Balaban J connectivity index is 3.90. The van der Waals surface area contributed by atoms with Gasteiger partial charge in [-0.3, -0.25) is 4.79 Å². The van der Waals surface area contributed by atoms with E-state index in [1.165, 1.54) is 0 Å².